The van der Waals surface area contributed by atoms with Gasteiger partial charge in [0.05, 0.1) is 106 Å². The van der Waals surface area contributed by atoms with E-state index < -0.39 is 0 Å². The van der Waals surface area contributed by atoms with Crippen molar-refractivity contribution in [3.63, 3.8) is 0 Å². The molecule has 0 amide bonds. The zero-order valence-corrected chi connectivity index (χ0v) is 74.2. The normalized spacial score (nSPS) is 11.2. The maximum Gasteiger partial charge on any atom is 0.123 e. The van der Waals surface area contributed by atoms with Crippen molar-refractivity contribution in [1.82, 2.24) is 0 Å². The first kappa shape index (κ1) is 98.9. The molecule has 0 aromatic heterocycles. The van der Waals surface area contributed by atoms with Gasteiger partial charge in [-0.25, -0.2) is 0 Å². The zero-order chi connectivity index (χ0) is 84.8. The summed E-state index contributed by atoms with van der Waals surface area (Å²) in [5.74, 6) is 9.18. The zero-order valence-electron chi connectivity index (χ0n) is 73.3. The Morgan fingerprint density at radius 2 is 0.325 bits per heavy atom. The number of rotatable bonds is 75. The third-order valence-electron chi connectivity index (χ3n) is 19.0. The van der Waals surface area contributed by atoms with Crippen molar-refractivity contribution in [3.8, 4) is 80.5 Å². The standard InChI is InChI=1S/C97H140O22S/c1-9-13-17-21-25-29-106-84-49-77(50-85(63-84)107-30-26-22-18-14-10-2)70-114-92-57-81(58-93(67-92)115-71-78-51-86(108-31-27-23-19-15-11-3)64-87(52-78)109-32-28-24-20-16-12-4)74-118-96-61-83(76-120)62-97(69-96)119-75-82-59-94(116-72-79-53-88(110-45-41-102-37-33-98-5)65-89(54-79)111-46-42-103-38-34-99-6)68-95(60-82)117-73-80-55-90(112-47-43-104-39-35-100-7)66-91(56-80)113-48-44-105-40-36-101-8/h49-69,120H,9-48,70-76H2,1-8H3. The van der Waals surface area contributed by atoms with E-state index in [1.54, 1.807) is 28.4 Å². The molecule has 0 fully saturated rings. The van der Waals surface area contributed by atoms with Crippen LogP contribution in [0.2, 0.25) is 0 Å². The monoisotopic (exact) mass is 1690 g/mol. The van der Waals surface area contributed by atoms with E-state index in [9.17, 15) is 0 Å². The summed E-state index contributed by atoms with van der Waals surface area (Å²) in [5.41, 5.74) is 5.88. The maximum absolute atomic E-state index is 6.78. The summed E-state index contributed by atoms with van der Waals surface area (Å²) in [5, 5.41) is 0. The Morgan fingerprint density at radius 1 is 0.167 bits per heavy atom. The van der Waals surface area contributed by atoms with E-state index >= 15 is 0 Å². The second-order valence-corrected chi connectivity index (χ2v) is 29.8. The minimum Gasteiger partial charge on any atom is -0.493 e. The number of benzene rings is 7. The van der Waals surface area contributed by atoms with Crippen molar-refractivity contribution in [1.29, 1.82) is 0 Å². The average Bonchev–Trinajstić information content (AvgIpc) is 0.841. The largest absolute Gasteiger partial charge is 0.493 e. The Bertz CT molecular complexity index is 3230. The van der Waals surface area contributed by atoms with Crippen molar-refractivity contribution in [3.05, 3.63) is 166 Å². The summed E-state index contributed by atoms with van der Waals surface area (Å²) in [4.78, 5) is 0. The van der Waals surface area contributed by atoms with E-state index in [1.807, 2.05) is 103 Å². The highest BCUT2D eigenvalue weighted by Gasteiger charge is 2.16. The molecule has 0 spiro atoms. The van der Waals surface area contributed by atoms with Crippen molar-refractivity contribution in [2.24, 2.45) is 0 Å². The van der Waals surface area contributed by atoms with Crippen molar-refractivity contribution >= 4 is 12.6 Å². The van der Waals surface area contributed by atoms with Gasteiger partial charge in [0, 0.05) is 76.7 Å². The van der Waals surface area contributed by atoms with Crippen LogP contribution in [-0.4, -0.2) is 161 Å². The molecule has 120 heavy (non-hydrogen) atoms. The Hall–Kier alpha value is -8.23. The fourth-order valence-electron chi connectivity index (χ4n) is 12.6. The van der Waals surface area contributed by atoms with E-state index in [-0.39, 0.29) is 39.6 Å². The fraction of sp³-hybridized carbons (Fsp3) is 0.567. The highest BCUT2D eigenvalue weighted by Crippen LogP contribution is 2.35. The highest BCUT2D eigenvalue weighted by molar-refractivity contribution is 7.79. The second-order valence-electron chi connectivity index (χ2n) is 29.4. The van der Waals surface area contributed by atoms with Gasteiger partial charge in [0.2, 0.25) is 0 Å². The van der Waals surface area contributed by atoms with Crippen LogP contribution in [0.3, 0.4) is 0 Å². The molecule has 0 radical (unpaired) electrons. The molecule has 0 aliphatic heterocycles. The minimum atomic E-state index is 0.116. The molecule has 0 saturated heterocycles. The highest BCUT2D eigenvalue weighted by atomic mass is 32.1. The van der Waals surface area contributed by atoms with E-state index in [0.29, 0.717) is 195 Å². The van der Waals surface area contributed by atoms with Gasteiger partial charge in [-0.1, -0.05) is 130 Å². The van der Waals surface area contributed by atoms with E-state index in [2.05, 4.69) is 52.0 Å². The lowest BCUT2D eigenvalue weighted by Crippen LogP contribution is -2.11. The van der Waals surface area contributed by atoms with Gasteiger partial charge in [-0.15, -0.1) is 0 Å². The molecule has 0 atom stereocenters. The van der Waals surface area contributed by atoms with Gasteiger partial charge in [-0.2, -0.15) is 12.6 Å². The lowest BCUT2D eigenvalue weighted by molar-refractivity contribution is 0.0532. The molecule has 666 valence electrons. The van der Waals surface area contributed by atoms with E-state index in [1.165, 1.54) is 77.0 Å². The molecule has 7 aromatic carbocycles. The van der Waals surface area contributed by atoms with Gasteiger partial charge in [-0.3, -0.25) is 0 Å². The second kappa shape index (κ2) is 63.7. The number of methoxy groups -OCH3 is 4. The number of hydrogen-bond donors (Lipinski definition) is 1. The van der Waals surface area contributed by atoms with Crippen LogP contribution in [0.25, 0.3) is 0 Å². The topological polar surface area (TPSA) is 203 Å². The fourth-order valence-corrected chi connectivity index (χ4v) is 12.8. The van der Waals surface area contributed by atoms with E-state index in [0.717, 1.165) is 113 Å². The molecular formula is C97H140O22S. The molecule has 22 nitrogen and oxygen atoms in total. The molecule has 0 N–H and O–H groups in total. The molecule has 0 bridgehead atoms. The van der Waals surface area contributed by atoms with Crippen LogP contribution in [-0.2, 0) is 83.3 Å². The minimum absolute atomic E-state index is 0.116. The SMILES string of the molecule is CCCCCCCOc1cc(COc2cc(COc3cc(CS)cc(OCc4cc(OCc5cc(OCCOCCOC)cc(OCCOCCOC)c5)cc(OCc5cc(OCCOCCOC)cc(OCCOCCOC)c5)c4)c3)cc(OCc3cc(OCCCCCCC)cc(OCCCCCCC)c3)c2)cc(OCCCCCCC)c1. The molecule has 0 saturated carbocycles. The van der Waals surface area contributed by atoms with Gasteiger partial charge in [0.1, 0.15) is 147 Å². The summed E-state index contributed by atoms with van der Waals surface area (Å²) in [6.07, 6.45) is 22.9. The Kier molecular flexibility index (Phi) is 52.5. The summed E-state index contributed by atoms with van der Waals surface area (Å²) >= 11 is 4.78. The van der Waals surface area contributed by atoms with Crippen molar-refractivity contribution < 1.29 is 104 Å². The number of ether oxygens (including phenoxy) is 22. The Labute approximate surface area is 721 Å². The van der Waals surface area contributed by atoms with E-state index in [4.69, 9.17) is 117 Å². The van der Waals surface area contributed by atoms with Crippen molar-refractivity contribution in [2.75, 3.05) is 161 Å². The Balaban J connectivity index is 1.17. The van der Waals surface area contributed by atoms with Crippen LogP contribution < -0.4 is 66.3 Å². The summed E-state index contributed by atoms with van der Waals surface area (Å²) in [6.45, 7) is 18.9. The Morgan fingerprint density at radius 3 is 0.500 bits per heavy atom. The number of hydrogen-bond acceptors (Lipinski definition) is 23. The van der Waals surface area contributed by atoms with Crippen LogP contribution in [0, 0.1) is 0 Å². The quantitative estimate of drug-likeness (QED) is 0.0278. The van der Waals surface area contributed by atoms with Gasteiger partial charge < -0.3 is 104 Å². The lowest BCUT2D eigenvalue weighted by Gasteiger charge is -2.17. The first-order valence-electron chi connectivity index (χ1n) is 43.7. The molecule has 7 aromatic rings. The first-order chi connectivity index (χ1) is 59.1. The molecule has 0 aliphatic carbocycles. The third-order valence-corrected chi connectivity index (χ3v) is 19.3. The molecule has 0 aliphatic rings. The van der Waals surface area contributed by atoms with Crippen LogP contribution in [0.1, 0.15) is 195 Å². The van der Waals surface area contributed by atoms with Crippen LogP contribution in [0.4, 0.5) is 0 Å². The lowest BCUT2D eigenvalue weighted by atomic mass is 10.1. The third kappa shape index (κ3) is 44.0. The van der Waals surface area contributed by atoms with Crippen LogP contribution in [0.5, 0.6) is 80.5 Å². The first-order valence-corrected chi connectivity index (χ1v) is 44.4. The maximum atomic E-state index is 6.78. The number of thiol groups is 1. The van der Waals surface area contributed by atoms with Crippen LogP contribution >= 0.6 is 12.6 Å². The molecule has 0 unspecified atom stereocenters. The predicted molar refractivity (Wildman–Crippen MR) is 474 cm³/mol. The molecule has 23 heteroatoms. The average molecular weight is 1690 g/mol. The van der Waals surface area contributed by atoms with Gasteiger partial charge in [0.25, 0.3) is 0 Å². The molecular weight excluding hydrogens is 1550 g/mol. The van der Waals surface area contributed by atoms with Crippen molar-refractivity contribution in [2.45, 2.75) is 202 Å². The predicted octanol–water partition coefficient (Wildman–Crippen LogP) is 21.2. The van der Waals surface area contributed by atoms with Gasteiger partial charge in [-0.05, 0) is 150 Å². The molecule has 0 heterocycles. The summed E-state index contributed by atoms with van der Waals surface area (Å²) in [6, 6.07) is 41.1. The number of unbranched alkanes of at least 4 members (excludes halogenated alkanes) is 16. The summed E-state index contributed by atoms with van der Waals surface area (Å²) < 4.78 is 134. The molecule has 7 rings (SSSR count). The van der Waals surface area contributed by atoms with Gasteiger partial charge in [0.15, 0.2) is 0 Å². The smallest absolute Gasteiger partial charge is 0.123 e. The van der Waals surface area contributed by atoms with Gasteiger partial charge >= 0.3 is 0 Å². The van der Waals surface area contributed by atoms with Crippen LogP contribution in [0.15, 0.2) is 127 Å². The summed E-state index contributed by atoms with van der Waals surface area (Å²) in [7, 11) is 6.56.